The van der Waals surface area contributed by atoms with Crippen LogP contribution in [0.2, 0.25) is 0 Å². The molecule has 0 atom stereocenters. The van der Waals surface area contributed by atoms with Gasteiger partial charge in [-0.1, -0.05) is 13.8 Å². The third-order valence-corrected chi connectivity index (χ3v) is 2.05. The van der Waals surface area contributed by atoms with Crippen LogP contribution in [0.5, 0.6) is 0 Å². The van der Waals surface area contributed by atoms with E-state index in [-0.39, 0.29) is 0 Å². The Kier molecular flexibility index (Phi) is 5.07. The van der Waals surface area contributed by atoms with Crippen molar-refractivity contribution in [2.24, 2.45) is 4.99 Å². The molecule has 2 heterocycles. The van der Waals surface area contributed by atoms with E-state index in [1.54, 1.807) is 6.21 Å². The minimum Gasteiger partial charge on any atom is -0.360 e. The number of nitrogens with one attached hydrogen (secondary N) is 2. The molecule has 1 saturated heterocycles. The smallest absolute Gasteiger partial charge is 0.121 e. The molecule has 0 spiro atoms. The molecule has 0 amide bonds. The van der Waals surface area contributed by atoms with Gasteiger partial charge in [0, 0.05) is 32.4 Å². The minimum absolute atomic E-state index is 1.06. The van der Waals surface area contributed by atoms with Crippen LogP contribution in [0.25, 0.3) is 0 Å². The Morgan fingerprint density at radius 3 is 2.57 bits per heavy atom. The molecule has 0 aromatic rings. The summed E-state index contributed by atoms with van der Waals surface area (Å²) in [6.07, 6.45) is 3.62. The fourth-order valence-electron chi connectivity index (χ4n) is 1.40. The average molecular weight is 195 g/mol. The molecular formula is C10H19N4. The Bertz CT molecular complexity index is 204. The third-order valence-electron chi connectivity index (χ3n) is 2.05. The zero-order valence-corrected chi connectivity index (χ0v) is 8.95. The maximum absolute atomic E-state index is 4.07. The summed E-state index contributed by atoms with van der Waals surface area (Å²) in [7, 11) is 0. The summed E-state index contributed by atoms with van der Waals surface area (Å²) in [6, 6.07) is 0. The zero-order valence-electron chi connectivity index (χ0n) is 8.95. The van der Waals surface area contributed by atoms with E-state index < -0.39 is 0 Å². The van der Waals surface area contributed by atoms with Crippen molar-refractivity contribution in [3.05, 3.63) is 18.6 Å². The van der Waals surface area contributed by atoms with Gasteiger partial charge in [-0.3, -0.25) is 4.99 Å². The van der Waals surface area contributed by atoms with Gasteiger partial charge in [0.15, 0.2) is 0 Å². The molecular weight excluding hydrogens is 176 g/mol. The lowest BCUT2D eigenvalue weighted by atomic mass is 10.3. The first-order valence-electron chi connectivity index (χ1n) is 5.24. The number of aliphatic imine (C=N–C) groups is 1. The van der Waals surface area contributed by atoms with Gasteiger partial charge in [-0.25, -0.2) is 0 Å². The van der Waals surface area contributed by atoms with E-state index in [2.05, 4.69) is 20.5 Å². The van der Waals surface area contributed by atoms with Crippen LogP contribution in [0.15, 0.2) is 17.0 Å². The van der Waals surface area contributed by atoms with Crippen molar-refractivity contribution in [1.29, 1.82) is 0 Å². The summed E-state index contributed by atoms with van der Waals surface area (Å²) in [5.41, 5.74) is 0. The maximum Gasteiger partial charge on any atom is 0.121 e. The van der Waals surface area contributed by atoms with E-state index in [1.807, 2.05) is 26.6 Å². The number of hydrogen-bond acceptors (Lipinski definition) is 4. The lowest BCUT2D eigenvalue weighted by Gasteiger charge is -2.31. The molecule has 2 rings (SSSR count). The normalized spacial score (nSPS) is 20.4. The van der Waals surface area contributed by atoms with E-state index in [4.69, 9.17) is 0 Å². The summed E-state index contributed by atoms with van der Waals surface area (Å²) < 4.78 is 0. The van der Waals surface area contributed by atoms with Gasteiger partial charge in [0.2, 0.25) is 0 Å². The van der Waals surface area contributed by atoms with Crippen LogP contribution in [0.3, 0.4) is 0 Å². The molecule has 4 nitrogen and oxygen atoms in total. The Labute approximate surface area is 86.1 Å². The van der Waals surface area contributed by atoms with Crippen LogP contribution in [0, 0.1) is 6.54 Å². The monoisotopic (exact) mass is 195 g/mol. The van der Waals surface area contributed by atoms with Crippen molar-refractivity contribution in [2.75, 3.05) is 26.2 Å². The highest BCUT2D eigenvalue weighted by Gasteiger charge is 2.12. The first-order valence-corrected chi connectivity index (χ1v) is 5.24. The SMILES string of the molecule is CC.[CH]1C=NC=C(N2CCNCC2)N1. The summed E-state index contributed by atoms with van der Waals surface area (Å²) in [4.78, 5) is 6.36. The molecule has 0 bridgehead atoms. The Morgan fingerprint density at radius 2 is 2.00 bits per heavy atom. The number of rotatable bonds is 1. The van der Waals surface area contributed by atoms with Crippen molar-refractivity contribution in [2.45, 2.75) is 13.8 Å². The maximum atomic E-state index is 4.07. The van der Waals surface area contributed by atoms with Crippen molar-refractivity contribution >= 4 is 6.21 Å². The highest BCUT2D eigenvalue weighted by atomic mass is 15.3. The molecule has 2 aliphatic rings. The molecule has 79 valence electrons. The fraction of sp³-hybridized carbons (Fsp3) is 0.600. The van der Waals surface area contributed by atoms with Gasteiger partial charge in [-0.15, -0.1) is 0 Å². The molecule has 1 radical (unpaired) electrons. The van der Waals surface area contributed by atoms with E-state index in [0.717, 1.165) is 32.0 Å². The second-order valence-corrected chi connectivity index (χ2v) is 2.86. The van der Waals surface area contributed by atoms with Crippen molar-refractivity contribution in [1.82, 2.24) is 15.5 Å². The molecule has 14 heavy (non-hydrogen) atoms. The molecule has 0 aliphatic carbocycles. The summed E-state index contributed by atoms with van der Waals surface area (Å²) >= 11 is 0. The van der Waals surface area contributed by atoms with Gasteiger partial charge in [0.1, 0.15) is 5.82 Å². The van der Waals surface area contributed by atoms with Gasteiger partial charge in [-0.05, 0) is 0 Å². The predicted octanol–water partition coefficient (Wildman–Crippen LogP) is 0.552. The first kappa shape index (κ1) is 11.0. The standard InChI is InChI=1S/C8H13N4.C2H6/c1-2-11-8(7-10-1)12-5-3-9-4-6-12;1-2/h1-2,7,9,11H,3-6H2;1-2H3. The third kappa shape index (κ3) is 3.03. The van der Waals surface area contributed by atoms with Crippen LogP contribution in [0.1, 0.15) is 13.8 Å². The quantitative estimate of drug-likeness (QED) is 0.642. The molecule has 1 fully saturated rings. The van der Waals surface area contributed by atoms with E-state index in [9.17, 15) is 0 Å². The van der Waals surface area contributed by atoms with Crippen LogP contribution < -0.4 is 10.6 Å². The van der Waals surface area contributed by atoms with E-state index in [1.165, 1.54) is 0 Å². The van der Waals surface area contributed by atoms with Crippen LogP contribution in [-0.4, -0.2) is 37.3 Å². The van der Waals surface area contributed by atoms with Gasteiger partial charge in [0.05, 0.1) is 12.7 Å². The van der Waals surface area contributed by atoms with Crippen molar-refractivity contribution in [3.63, 3.8) is 0 Å². The largest absolute Gasteiger partial charge is 0.360 e. The van der Waals surface area contributed by atoms with Crippen LogP contribution >= 0.6 is 0 Å². The summed E-state index contributed by atoms with van der Waals surface area (Å²) in [5, 5.41) is 6.48. The van der Waals surface area contributed by atoms with Gasteiger partial charge < -0.3 is 15.5 Å². The second kappa shape index (κ2) is 6.43. The zero-order chi connectivity index (χ0) is 10.2. The van der Waals surface area contributed by atoms with Crippen molar-refractivity contribution < 1.29 is 0 Å². The lowest BCUT2D eigenvalue weighted by molar-refractivity contribution is 0.284. The molecule has 2 N–H and O–H groups in total. The Balaban J connectivity index is 0.000000461. The number of hydrogen-bond donors (Lipinski definition) is 2. The predicted molar refractivity (Wildman–Crippen MR) is 59.8 cm³/mol. The molecule has 0 aromatic carbocycles. The fourth-order valence-corrected chi connectivity index (χ4v) is 1.40. The highest BCUT2D eigenvalue weighted by molar-refractivity contribution is 5.69. The second-order valence-electron chi connectivity index (χ2n) is 2.86. The first-order chi connectivity index (χ1) is 6.97. The summed E-state index contributed by atoms with van der Waals surface area (Å²) in [5.74, 6) is 1.11. The highest BCUT2D eigenvalue weighted by Crippen LogP contribution is 2.04. The van der Waals surface area contributed by atoms with E-state index >= 15 is 0 Å². The Morgan fingerprint density at radius 1 is 1.29 bits per heavy atom. The Hall–Kier alpha value is -1.03. The lowest BCUT2D eigenvalue weighted by Crippen LogP contribution is -2.45. The average Bonchev–Trinajstić information content (AvgIpc) is 2.34. The number of piperazine rings is 1. The molecule has 2 aliphatic heterocycles. The van der Waals surface area contributed by atoms with Gasteiger partial charge in [-0.2, -0.15) is 0 Å². The topological polar surface area (TPSA) is 39.7 Å². The number of nitrogens with zero attached hydrogens (tertiary/aromatic N) is 2. The summed E-state index contributed by atoms with van der Waals surface area (Å²) in [6.45, 7) is 10.1. The molecule has 0 saturated carbocycles. The minimum atomic E-state index is 1.06. The molecule has 0 aromatic heterocycles. The van der Waals surface area contributed by atoms with E-state index in [0.29, 0.717) is 0 Å². The van der Waals surface area contributed by atoms with Crippen LogP contribution in [0.4, 0.5) is 0 Å². The van der Waals surface area contributed by atoms with Gasteiger partial charge in [0.25, 0.3) is 0 Å². The van der Waals surface area contributed by atoms with Crippen molar-refractivity contribution in [3.8, 4) is 0 Å². The van der Waals surface area contributed by atoms with Gasteiger partial charge >= 0.3 is 0 Å². The molecule has 4 heteroatoms. The molecule has 0 unspecified atom stereocenters. The van der Waals surface area contributed by atoms with Crippen LogP contribution in [-0.2, 0) is 0 Å².